The van der Waals surface area contributed by atoms with Gasteiger partial charge in [-0.3, -0.25) is 4.79 Å². The third-order valence-corrected chi connectivity index (χ3v) is 3.61. The number of fused-ring (bicyclic) bond motifs is 1. The van der Waals surface area contributed by atoms with Crippen molar-refractivity contribution < 1.29 is 9.53 Å². The lowest BCUT2D eigenvalue weighted by molar-refractivity contribution is -0.123. The molecule has 108 valence electrons. The van der Waals surface area contributed by atoms with E-state index in [1.165, 1.54) is 0 Å². The van der Waals surface area contributed by atoms with Crippen LogP contribution in [0.25, 0.3) is 0 Å². The van der Waals surface area contributed by atoms with Gasteiger partial charge in [-0.2, -0.15) is 0 Å². The lowest BCUT2D eigenvalue weighted by atomic mass is 10.1. The van der Waals surface area contributed by atoms with Crippen molar-refractivity contribution in [3.8, 4) is 5.75 Å². The first-order chi connectivity index (χ1) is 10.0. The maximum Gasteiger partial charge on any atom is 0.265 e. The number of nitrogens with two attached hydrogens (primary N) is 1. The molecular weight excluding hydrogens is 311 g/mol. The van der Waals surface area contributed by atoms with Gasteiger partial charge < -0.3 is 15.8 Å². The molecule has 0 aromatic heterocycles. The molecule has 0 saturated carbocycles. The molecule has 2 aromatic rings. The normalized spacial score (nSPS) is 16.9. The second-order valence-corrected chi connectivity index (χ2v) is 5.71. The van der Waals surface area contributed by atoms with Gasteiger partial charge >= 0.3 is 0 Å². The minimum atomic E-state index is -0.645. The second-order valence-electron chi connectivity index (χ2n) is 4.83. The number of ether oxygens (including phenoxy) is 1. The van der Waals surface area contributed by atoms with Crippen molar-refractivity contribution in [2.75, 3.05) is 11.1 Å². The SMILES string of the molecule is Nc1ccc2c(c1)OC(Cc1cc(Cl)cc(Cl)c1)C(=O)N2. The Kier molecular flexibility index (Phi) is 3.66. The van der Waals surface area contributed by atoms with Crippen LogP contribution in [0.1, 0.15) is 5.56 Å². The average Bonchev–Trinajstić information content (AvgIpc) is 2.39. The van der Waals surface area contributed by atoms with E-state index in [0.717, 1.165) is 5.56 Å². The molecule has 0 bridgehead atoms. The minimum Gasteiger partial charge on any atom is -0.478 e. The largest absolute Gasteiger partial charge is 0.478 e. The number of nitrogens with one attached hydrogen (secondary N) is 1. The Bertz CT molecular complexity index is 699. The number of amides is 1. The number of benzene rings is 2. The zero-order valence-corrected chi connectivity index (χ0v) is 12.4. The summed E-state index contributed by atoms with van der Waals surface area (Å²) in [5.74, 6) is 0.357. The number of hydrogen-bond acceptors (Lipinski definition) is 3. The van der Waals surface area contributed by atoms with E-state index < -0.39 is 6.10 Å². The predicted molar refractivity (Wildman–Crippen MR) is 84.1 cm³/mol. The molecular formula is C15H12Cl2N2O2. The Labute approximate surface area is 131 Å². The van der Waals surface area contributed by atoms with Crippen molar-refractivity contribution in [3.63, 3.8) is 0 Å². The molecule has 0 radical (unpaired) electrons. The zero-order valence-electron chi connectivity index (χ0n) is 10.9. The summed E-state index contributed by atoms with van der Waals surface area (Å²) >= 11 is 11.9. The molecule has 3 rings (SSSR count). The Morgan fingerprint density at radius 2 is 1.86 bits per heavy atom. The summed E-state index contributed by atoms with van der Waals surface area (Å²) in [5, 5.41) is 3.85. The van der Waals surface area contributed by atoms with Crippen molar-refractivity contribution in [1.82, 2.24) is 0 Å². The van der Waals surface area contributed by atoms with Gasteiger partial charge in [0.25, 0.3) is 5.91 Å². The van der Waals surface area contributed by atoms with Gasteiger partial charge in [0, 0.05) is 28.2 Å². The third kappa shape index (κ3) is 3.06. The maximum absolute atomic E-state index is 12.1. The summed E-state index contributed by atoms with van der Waals surface area (Å²) in [6.07, 6.45) is -0.269. The number of hydrogen-bond donors (Lipinski definition) is 2. The molecule has 21 heavy (non-hydrogen) atoms. The fourth-order valence-electron chi connectivity index (χ4n) is 2.24. The molecule has 1 amide bonds. The highest BCUT2D eigenvalue weighted by atomic mass is 35.5. The van der Waals surface area contributed by atoms with Crippen LogP contribution >= 0.6 is 23.2 Å². The van der Waals surface area contributed by atoms with E-state index >= 15 is 0 Å². The number of carbonyl (C=O) groups is 1. The molecule has 0 aliphatic carbocycles. The van der Waals surface area contributed by atoms with Gasteiger partial charge in [0.05, 0.1) is 5.69 Å². The molecule has 0 spiro atoms. The van der Waals surface area contributed by atoms with Crippen LogP contribution in [-0.4, -0.2) is 12.0 Å². The van der Waals surface area contributed by atoms with Gasteiger partial charge in [0.15, 0.2) is 6.10 Å². The van der Waals surface area contributed by atoms with E-state index in [0.29, 0.717) is 33.6 Å². The third-order valence-electron chi connectivity index (χ3n) is 3.17. The number of rotatable bonds is 2. The predicted octanol–water partition coefficient (Wildman–Crippen LogP) is 3.52. The van der Waals surface area contributed by atoms with Crippen molar-refractivity contribution in [2.45, 2.75) is 12.5 Å². The van der Waals surface area contributed by atoms with Crippen LogP contribution in [0, 0.1) is 0 Å². The first kappa shape index (κ1) is 14.0. The van der Waals surface area contributed by atoms with E-state index in [4.69, 9.17) is 33.7 Å². The van der Waals surface area contributed by atoms with Crippen LogP contribution in [0.2, 0.25) is 10.0 Å². The van der Waals surface area contributed by atoms with E-state index in [1.54, 1.807) is 36.4 Å². The van der Waals surface area contributed by atoms with Crippen molar-refractivity contribution in [3.05, 3.63) is 52.0 Å². The number of carbonyl (C=O) groups excluding carboxylic acids is 1. The lowest BCUT2D eigenvalue weighted by Gasteiger charge is -2.26. The number of nitrogen functional groups attached to an aromatic ring is 1. The van der Waals surface area contributed by atoms with Crippen molar-refractivity contribution >= 4 is 40.5 Å². The molecule has 1 aliphatic heterocycles. The van der Waals surface area contributed by atoms with Gasteiger partial charge in [-0.15, -0.1) is 0 Å². The molecule has 4 nitrogen and oxygen atoms in total. The van der Waals surface area contributed by atoms with Crippen LogP contribution in [0.3, 0.4) is 0 Å². The standard InChI is InChI=1S/C15H12Cl2N2O2/c16-9-3-8(4-10(17)6-9)5-14-15(20)19-12-2-1-11(18)7-13(12)21-14/h1-4,6-7,14H,5,18H2,(H,19,20). The highest BCUT2D eigenvalue weighted by molar-refractivity contribution is 6.34. The van der Waals surface area contributed by atoms with E-state index in [2.05, 4.69) is 5.32 Å². The molecule has 0 saturated heterocycles. The number of anilines is 2. The monoisotopic (exact) mass is 322 g/mol. The quantitative estimate of drug-likeness (QED) is 0.831. The Morgan fingerprint density at radius 3 is 2.57 bits per heavy atom. The Balaban J connectivity index is 1.85. The minimum absolute atomic E-state index is 0.205. The highest BCUT2D eigenvalue weighted by Crippen LogP contribution is 2.32. The summed E-state index contributed by atoms with van der Waals surface area (Å²) in [5.41, 5.74) is 7.76. The molecule has 1 unspecified atom stereocenters. The van der Waals surface area contributed by atoms with E-state index in [1.807, 2.05) is 0 Å². The van der Waals surface area contributed by atoms with Gasteiger partial charge in [-0.05, 0) is 35.9 Å². The summed E-state index contributed by atoms with van der Waals surface area (Å²) in [6.45, 7) is 0. The van der Waals surface area contributed by atoms with Gasteiger partial charge in [0.2, 0.25) is 0 Å². The first-order valence-corrected chi connectivity index (χ1v) is 7.09. The van der Waals surface area contributed by atoms with Crippen LogP contribution in [0.4, 0.5) is 11.4 Å². The van der Waals surface area contributed by atoms with Crippen LogP contribution in [0.5, 0.6) is 5.75 Å². The van der Waals surface area contributed by atoms with E-state index in [9.17, 15) is 4.79 Å². The van der Waals surface area contributed by atoms with Crippen molar-refractivity contribution in [2.24, 2.45) is 0 Å². The average molecular weight is 323 g/mol. The molecule has 3 N–H and O–H groups in total. The van der Waals surface area contributed by atoms with Crippen LogP contribution in [0.15, 0.2) is 36.4 Å². The smallest absolute Gasteiger partial charge is 0.265 e. The molecule has 0 fully saturated rings. The fourth-order valence-corrected chi connectivity index (χ4v) is 2.81. The van der Waals surface area contributed by atoms with Gasteiger partial charge in [-0.25, -0.2) is 0 Å². The molecule has 1 heterocycles. The summed E-state index contributed by atoms with van der Waals surface area (Å²) in [7, 11) is 0. The summed E-state index contributed by atoms with van der Waals surface area (Å²) in [6, 6.07) is 10.3. The second kappa shape index (κ2) is 5.47. The summed E-state index contributed by atoms with van der Waals surface area (Å²) < 4.78 is 5.73. The highest BCUT2D eigenvalue weighted by Gasteiger charge is 2.28. The molecule has 1 aliphatic rings. The zero-order chi connectivity index (χ0) is 15.0. The molecule has 2 aromatic carbocycles. The topological polar surface area (TPSA) is 64.3 Å². The molecule has 6 heteroatoms. The summed E-state index contributed by atoms with van der Waals surface area (Å²) in [4.78, 5) is 12.1. The maximum atomic E-state index is 12.1. The Morgan fingerprint density at radius 1 is 1.14 bits per heavy atom. The molecule has 1 atom stereocenters. The van der Waals surface area contributed by atoms with Gasteiger partial charge in [0.1, 0.15) is 5.75 Å². The van der Waals surface area contributed by atoms with E-state index in [-0.39, 0.29) is 5.91 Å². The lowest BCUT2D eigenvalue weighted by Crippen LogP contribution is -2.38. The van der Waals surface area contributed by atoms with Gasteiger partial charge in [-0.1, -0.05) is 23.2 Å². The van der Waals surface area contributed by atoms with Crippen LogP contribution < -0.4 is 15.8 Å². The Hall–Kier alpha value is -1.91. The van der Waals surface area contributed by atoms with Crippen LogP contribution in [-0.2, 0) is 11.2 Å². The fraction of sp³-hybridized carbons (Fsp3) is 0.133. The van der Waals surface area contributed by atoms with Crippen molar-refractivity contribution in [1.29, 1.82) is 0 Å². The number of halogens is 2. The first-order valence-electron chi connectivity index (χ1n) is 6.33.